The summed E-state index contributed by atoms with van der Waals surface area (Å²) in [5, 5.41) is 6.68. The van der Waals surface area contributed by atoms with Gasteiger partial charge in [0.05, 0.1) is 12.1 Å². The number of carbonyl (C=O) groups excluding carboxylic acids is 2. The minimum Gasteiger partial charge on any atom is -0.352 e. The van der Waals surface area contributed by atoms with Gasteiger partial charge >= 0.3 is 0 Å². The van der Waals surface area contributed by atoms with Crippen LogP contribution in [0.15, 0.2) is 0 Å². The molecule has 0 radical (unpaired) electrons. The van der Waals surface area contributed by atoms with Gasteiger partial charge < -0.3 is 10.6 Å². The zero-order chi connectivity index (χ0) is 21.5. The van der Waals surface area contributed by atoms with Gasteiger partial charge in [-0.15, -0.1) is 0 Å². The number of rotatable bonds is 8. The Morgan fingerprint density at radius 1 is 0.581 bits per heavy atom. The molecule has 6 nitrogen and oxygen atoms in total. The maximum atomic E-state index is 12.9. The molecule has 2 N–H and O–H groups in total. The molecule has 0 aromatic heterocycles. The summed E-state index contributed by atoms with van der Waals surface area (Å²) in [4.78, 5) is 30.5. The fourth-order valence-electron chi connectivity index (χ4n) is 6.35. The van der Waals surface area contributed by atoms with Crippen molar-refractivity contribution in [3.05, 3.63) is 0 Å². The molecule has 2 saturated carbocycles. The van der Waals surface area contributed by atoms with Crippen LogP contribution >= 0.6 is 0 Å². The van der Waals surface area contributed by atoms with Gasteiger partial charge in [-0.05, 0) is 70.9 Å². The predicted octanol–water partition coefficient (Wildman–Crippen LogP) is 3.20. The maximum Gasteiger partial charge on any atom is 0.237 e. The molecule has 2 atom stereocenters. The summed E-state index contributed by atoms with van der Waals surface area (Å²) in [5.41, 5.74) is 0. The van der Waals surface area contributed by atoms with Gasteiger partial charge in [-0.3, -0.25) is 19.4 Å². The summed E-state index contributed by atoms with van der Waals surface area (Å²) >= 11 is 0. The molecule has 0 aromatic carbocycles. The van der Waals surface area contributed by atoms with Crippen LogP contribution in [-0.2, 0) is 9.59 Å². The van der Waals surface area contributed by atoms with E-state index in [9.17, 15) is 9.59 Å². The van der Waals surface area contributed by atoms with Crippen molar-refractivity contribution in [3.8, 4) is 0 Å². The molecule has 6 heteroatoms. The van der Waals surface area contributed by atoms with E-state index >= 15 is 0 Å². The van der Waals surface area contributed by atoms with Gasteiger partial charge in [0.25, 0.3) is 0 Å². The molecule has 0 aromatic rings. The Kier molecular flexibility index (Phi) is 8.65. The van der Waals surface area contributed by atoms with Crippen LogP contribution < -0.4 is 10.6 Å². The zero-order valence-electron chi connectivity index (χ0n) is 19.5. The number of likely N-dealkylation sites (tertiary alicyclic amines) is 2. The smallest absolute Gasteiger partial charge is 0.237 e. The van der Waals surface area contributed by atoms with Crippen molar-refractivity contribution in [2.24, 2.45) is 0 Å². The van der Waals surface area contributed by atoms with Crippen molar-refractivity contribution >= 4 is 11.8 Å². The summed E-state index contributed by atoms with van der Waals surface area (Å²) in [6, 6.07) is 0.922. The van der Waals surface area contributed by atoms with Crippen LogP contribution in [0.4, 0.5) is 0 Å². The monoisotopic (exact) mass is 432 g/mol. The molecule has 2 aliphatic carbocycles. The molecule has 4 aliphatic rings. The molecule has 2 aliphatic heterocycles. The lowest BCUT2D eigenvalue weighted by Gasteiger charge is -2.30. The second-order valence-corrected chi connectivity index (χ2v) is 10.4. The Labute approximate surface area is 188 Å². The van der Waals surface area contributed by atoms with Gasteiger partial charge in [0.15, 0.2) is 0 Å². The van der Waals surface area contributed by atoms with E-state index in [1.54, 1.807) is 0 Å². The number of hydrogen-bond acceptors (Lipinski definition) is 4. The van der Waals surface area contributed by atoms with Gasteiger partial charge in [0, 0.05) is 25.2 Å². The Morgan fingerprint density at radius 2 is 1.00 bits per heavy atom. The van der Waals surface area contributed by atoms with E-state index in [-0.39, 0.29) is 23.9 Å². The lowest BCUT2D eigenvalue weighted by Crippen LogP contribution is -2.49. The first-order valence-electron chi connectivity index (χ1n) is 13.3. The predicted molar refractivity (Wildman–Crippen MR) is 124 cm³/mol. The minimum atomic E-state index is 0.0610. The Hall–Kier alpha value is -1.14. The maximum absolute atomic E-state index is 12.9. The van der Waals surface area contributed by atoms with E-state index in [0.717, 1.165) is 84.0 Å². The van der Waals surface area contributed by atoms with Crippen LogP contribution in [0.3, 0.4) is 0 Å². The average molecular weight is 433 g/mol. The van der Waals surface area contributed by atoms with E-state index < -0.39 is 0 Å². The lowest BCUT2D eigenvalue weighted by atomic mass is 9.95. The normalized spacial score (nSPS) is 29.3. The lowest BCUT2D eigenvalue weighted by molar-refractivity contribution is -0.126. The van der Waals surface area contributed by atoms with Gasteiger partial charge in [0.2, 0.25) is 11.8 Å². The van der Waals surface area contributed by atoms with Crippen molar-refractivity contribution < 1.29 is 9.59 Å². The quantitative estimate of drug-likeness (QED) is 0.618. The molecular formula is C25H44N4O2. The van der Waals surface area contributed by atoms with E-state index in [0.29, 0.717) is 12.1 Å². The van der Waals surface area contributed by atoms with Crippen molar-refractivity contribution in [2.75, 3.05) is 26.2 Å². The second-order valence-electron chi connectivity index (χ2n) is 10.4. The van der Waals surface area contributed by atoms with Crippen molar-refractivity contribution in [1.29, 1.82) is 0 Å². The topological polar surface area (TPSA) is 64.7 Å². The molecule has 176 valence electrons. The van der Waals surface area contributed by atoms with Crippen LogP contribution in [0.25, 0.3) is 0 Å². The molecule has 2 amide bonds. The highest BCUT2D eigenvalue weighted by molar-refractivity contribution is 5.82. The van der Waals surface area contributed by atoms with E-state index in [1.165, 1.54) is 38.5 Å². The van der Waals surface area contributed by atoms with Crippen LogP contribution in [0.1, 0.15) is 96.3 Å². The number of carbonyl (C=O) groups is 2. The summed E-state index contributed by atoms with van der Waals surface area (Å²) in [6.45, 7) is 4.01. The van der Waals surface area contributed by atoms with Gasteiger partial charge in [0.1, 0.15) is 0 Å². The molecule has 2 heterocycles. The molecule has 0 unspecified atom stereocenters. The van der Waals surface area contributed by atoms with Crippen molar-refractivity contribution in [1.82, 2.24) is 20.4 Å². The highest BCUT2D eigenvalue weighted by Gasteiger charge is 2.34. The molecule has 2 saturated heterocycles. The Balaban J connectivity index is 1.19. The number of hydrogen-bond donors (Lipinski definition) is 2. The molecule has 4 fully saturated rings. The van der Waals surface area contributed by atoms with Crippen molar-refractivity contribution in [2.45, 2.75) is 120 Å². The zero-order valence-corrected chi connectivity index (χ0v) is 19.5. The molecule has 0 bridgehead atoms. The van der Waals surface area contributed by atoms with Crippen LogP contribution in [0.5, 0.6) is 0 Å². The van der Waals surface area contributed by atoms with Gasteiger partial charge in [-0.2, -0.15) is 0 Å². The summed E-state index contributed by atoms with van der Waals surface area (Å²) in [7, 11) is 0. The first-order chi connectivity index (χ1) is 15.2. The van der Waals surface area contributed by atoms with Gasteiger partial charge in [-0.1, -0.05) is 38.5 Å². The van der Waals surface area contributed by atoms with Crippen LogP contribution in [-0.4, -0.2) is 72.0 Å². The fraction of sp³-hybridized carbons (Fsp3) is 0.920. The highest BCUT2D eigenvalue weighted by atomic mass is 16.2. The second kappa shape index (κ2) is 11.6. The summed E-state index contributed by atoms with van der Waals surface area (Å²) < 4.78 is 0. The molecule has 31 heavy (non-hydrogen) atoms. The molecule has 0 spiro atoms. The van der Waals surface area contributed by atoms with E-state index in [1.807, 2.05) is 0 Å². The SMILES string of the molecule is O=C(NC1CCCCC1)[C@@H]1CCCN1CCCN1CCC[C@H]1C(=O)NC1CCCCC1. The highest BCUT2D eigenvalue weighted by Crippen LogP contribution is 2.23. The molecular weight excluding hydrogens is 388 g/mol. The van der Waals surface area contributed by atoms with E-state index in [2.05, 4.69) is 20.4 Å². The minimum absolute atomic E-state index is 0.0610. The number of nitrogens with one attached hydrogen (secondary N) is 2. The Morgan fingerprint density at radius 3 is 1.42 bits per heavy atom. The fourth-order valence-corrected chi connectivity index (χ4v) is 6.35. The largest absolute Gasteiger partial charge is 0.352 e. The number of amides is 2. The van der Waals surface area contributed by atoms with Gasteiger partial charge in [-0.25, -0.2) is 0 Å². The first-order valence-corrected chi connectivity index (χ1v) is 13.3. The van der Waals surface area contributed by atoms with E-state index in [4.69, 9.17) is 0 Å². The Bertz CT molecular complexity index is 536. The third-order valence-electron chi connectivity index (χ3n) is 8.13. The standard InChI is InChI=1S/C25H44N4O2/c30-24(26-20-10-3-1-4-11-20)22-14-7-16-28(22)18-9-19-29-17-8-15-23(29)25(31)27-21-12-5-2-6-13-21/h20-23H,1-19H2,(H,26,30)(H,27,31)/t22-,23-/m0/s1. The summed E-state index contributed by atoms with van der Waals surface area (Å²) in [5.74, 6) is 0.519. The summed E-state index contributed by atoms with van der Waals surface area (Å²) in [6.07, 6.45) is 17.5. The van der Waals surface area contributed by atoms with Crippen LogP contribution in [0, 0.1) is 0 Å². The van der Waals surface area contributed by atoms with Crippen LogP contribution in [0.2, 0.25) is 0 Å². The van der Waals surface area contributed by atoms with Crippen molar-refractivity contribution in [3.63, 3.8) is 0 Å². The molecule has 4 rings (SSSR count). The first kappa shape index (κ1) is 23.0. The average Bonchev–Trinajstić information content (AvgIpc) is 3.45. The third-order valence-corrected chi connectivity index (χ3v) is 8.13. The number of nitrogens with zero attached hydrogens (tertiary/aromatic N) is 2. The third kappa shape index (κ3) is 6.44.